The maximum absolute atomic E-state index is 9.90. The number of hydrogen-bond donors (Lipinski definition) is 5. The summed E-state index contributed by atoms with van der Waals surface area (Å²) in [6.07, 6.45) is 1.19. The van der Waals surface area contributed by atoms with Gasteiger partial charge in [-0.05, 0) is 39.0 Å². The molecule has 10 heteroatoms. The van der Waals surface area contributed by atoms with E-state index in [0.29, 0.717) is 51.8 Å². The normalized spacial score (nSPS) is 16.7. The fourth-order valence-electron chi connectivity index (χ4n) is 2.34. The van der Waals surface area contributed by atoms with Crippen molar-refractivity contribution in [1.29, 1.82) is 0 Å². The quantitative estimate of drug-likeness (QED) is 0.141. The number of rotatable bonds is 19. The van der Waals surface area contributed by atoms with Crippen molar-refractivity contribution in [3.8, 4) is 0 Å². The molecule has 6 N–H and O–H groups in total. The summed E-state index contributed by atoms with van der Waals surface area (Å²) < 4.78 is 21.9. The molecule has 0 heterocycles. The molecule has 0 bridgehead atoms. The predicted octanol–water partition coefficient (Wildman–Crippen LogP) is -0.128. The van der Waals surface area contributed by atoms with Gasteiger partial charge in [0.25, 0.3) is 0 Å². The van der Waals surface area contributed by atoms with Crippen LogP contribution >= 0.6 is 0 Å². The molecule has 0 aromatic carbocycles. The van der Waals surface area contributed by atoms with E-state index >= 15 is 0 Å². The van der Waals surface area contributed by atoms with Crippen LogP contribution in [-0.2, 0) is 18.9 Å². The zero-order chi connectivity index (χ0) is 21.4. The predicted molar refractivity (Wildman–Crippen MR) is 108 cm³/mol. The Morgan fingerprint density at radius 1 is 0.821 bits per heavy atom. The van der Waals surface area contributed by atoms with Crippen molar-refractivity contribution < 1.29 is 38.4 Å². The third-order valence-electron chi connectivity index (χ3n) is 3.87. The van der Waals surface area contributed by atoms with Gasteiger partial charge in [-0.15, -0.1) is 0 Å². The number of nitrogens with two attached hydrogens (primary N) is 1. The topological polar surface area (TPSA) is 144 Å². The summed E-state index contributed by atoms with van der Waals surface area (Å²) in [5, 5.41) is 9.90. The standard InChI is InChI=1S/C18H41NO8Si/c1-15(5-6-18(20)14-24-7-4-10-28(21,22)23)11-26-13-17(3)27-9-8-25-12-16(2)19/h15-18,20-23H,4-14,19H2,1-3H3. The van der Waals surface area contributed by atoms with Crippen molar-refractivity contribution in [1.82, 2.24) is 0 Å². The highest BCUT2D eigenvalue weighted by Crippen LogP contribution is 2.10. The molecule has 0 amide bonds. The Balaban J connectivity index is 3.53. The van der Waals surface area contributed by atoms with Crippen molar-refractivity contribution in [2.24, 2.45) is 11.7 Å². The van der Waals surface area contributed by atoms with Gasteiger partial charge in [0.2, 0.25) is 0 Å². The summed E-state index contributed by atoms with van der Waals surface area (Å²) >= 11 is 0. The van der Waals surface area contributed by atoms with E-state index in [1.165, 1.54) is 0 Å². The van der Waals surface area contributed by atoms with Crippen molar-refractivity contribution in [3.05, 3.63) is 0 Å². The van der Waals surface area contributed by atoms with Gasteiger partial charge in [-0.25, -0.2) is 0 Å². The van der Waals surface area contributed by atoms with Crippen molar-refractivity contribution in [2.75, 3.05) is 46.2 Å². The molecule has 9 nitrogen and oxygen atoms in total. The highest BCUT2D eigenvalue weighted by atomic mass is 28.4. The maximum Gasteiger partial charge on any atom is 0.492 e. The van der Waals surface area contributed by atoms with E-state index in [2.05, 4.69) is 6.92 Å². The fraction of sp³-hybridized carbons (Fsp3) is 1.00. The molecule has 0 fully saturated rings. The molecule has 28 heavy (non-hydrogen) atoms. The van der Waals surface area contributed by atoms with Crippen LogP contribution in [0.2, 0.25) is 6.04 Å². The van der Waals surface area contributed by atoms with Crippen LogP contribution < -0.4 is 5.73 Å². The van der Waals surface area contributed by atoms with Crippen LogP contribution in [0, 0.1) is 5.92 Å². The Bertz CT molecular complexity index is 357. The van der Waals surface area contributed by atoms with E-state index in [1.807, 2.05) is 13.8 Å². The van der Waals surface area contributed by atoms with Crippen LogP contribution in [0.15, 0.2) is 0 Å². The lowest BCUT2D eigenvalue weighted by Gasteiger charge is -2.18. The van der Waals surface area contributed by atoms with Gasteiger partial charge in [0.1, 0.15) is 0 Å². The molecule has 0 rings (SSSR count). The van der Waals surface area contributed by atoms with Gasteiger partial charge in [0.05, 0.1) is 45.2 Å². The van der Waals surface area contributed by atoms with Crippen LogP contribution in [0.5, 0.6) is 0 Å². The van der Waals surface area contributed by atoms with E-state index < -0.39 is 14.9 Å². The third kappa shape index (κ3) is 20.6. The molecule has 0 saturated heterocycles. The molecule has 0 aromatic heterocycles. The first kappa shape index (κ1) is 27.9. The molecule has 0 spiro atoms. The molecular formula is C18H41NO8Si. The van der Waals surface area contributed by atoms with Crippen LogP contribution in [0.25, 0.3) is 0 Å². The highest BCUT2D eigenvalue weighted by Gasteiger charge is 2.25. The molecule has 170 valence electrons. The van der Waals surface area contributed by atoms with E-state index in [9.17, 15) is 5.11 Å². The molecule has 4 unspecified atom stereocenters. The van der Waals surface area contributed by atoms with Crippen LogP contribution in [-0.4, -0.2) is 92.8 Å². The summed E-state index contributed by atoms with van der Waals surface area (Å²) in [5.74, 6) is 0.306. The first-order valence-corrected chi connectivity index (χ1v) is 12.1. The van der Waals surface area contributed by atoms with E-state index in [-0.39, 0.29) is 31.4 Å². The number of hydrogen-bond acceptors (Lipinski definition) is 9. The second-order valence-electron chi connectivity index (χ2n) is 7.56. The van der Waals surface area contributed by atoms with Gasteiger partial charge in [-0.3, -0.25) is 0 Å². The van der Waals surface area contributed by atoms with Gasteiger partial charge in [0, 0.05) is 25.3 Å². The highest BCUT2D eigenvalue weighted by molar-refractivity contribution is 6.56. The summed E-state index contributed by atoms with van der Waals surface area (Å²) in [6, 6.07) is -0.0255. The van der Waals surface area contributed by atoms with E-state index in [1.54, 1.807) is 0 Å². The Morgan fingerprint density at radius 3 is 2.14 bits per heavy atom. The number of aliphatic hydroxyl groups excluding tert-OH is 1. The van der Waals surface area contributed by atoms with Gasteiger partial charge >= 0.3 is 8.80 Å². The number of aliphatic hydroxyl groups is 1. The van der Waals surface area contributed by atoms with Gasteiger partial charge in [0.15, 0.2) is 0 Å². The molecule has 0 aliphatic carbocycles. The SMILES string of the molecule is CC(N)COCCOC(C)COCC(C)CCC(O)COCCC[Si](O)(O)O. The van der Waals surface area contributed by atoms with E-state index in [0.717, 1.165) is 6.42 Å². The van der Waals surface area contributed by atoms with Crippen LogP contribution in [0.3, 0.4) is 0 Å². The minimum absolute atomic E-state index is 0.0105. The Morgan fingerprint density at radius 2 is 1.50 bits per heavy atom. The first-order chi connectivity index (χ1) is 13.1. The molecule has 0 radical (unpaired) electrons. The maximum atomic E-state index is 9.90. The Kier molecular flexibility index (Phi) is 16.5. The van der Waals surface area contributed by atoms with Gasteiger partial charge < -0.3 is 44.2 Å². The van der Waals surface area contributed by atoms with Gasteiger partial charge in [-0.2, -0.15) is 0 Å². The summed E-state index contributed by atoms with van der Waals surface area (Å²) in [5.41, 5.74) is 5.59. The van der Waals surface area contributed by atoms with E-state index in [4.69, 9.17) is 39.1 Å². The van der Waals surface area contributed by atoms with Crippen molar-refractivity contribution >= 4 is 8.80 Å². The first-order valence-electron chi connectivity index (χ1n) is 10.1. The van der Waals surface area contributed by atoms with Crippen molar-refractivity contribution in [3.63, 3.8) is 0 Å². The van der Waals surface area contributed by atoms with Crippen LogP contribution in [0.4, 0.5) is 0 Å². The third-order valence-corrected chi connectivity index (χ3v) is 4.89. The zero-order valence-corrected chi connectivity index (χ0v) is 18.6. The second kappa shape index (κ2) is 16.6. The lowest BCUT2D eigenvalue weighted by Crippen LogP contribution is -2.34. The Labute approximate surface area is 170 Å². The summed E-state index contributed by atoms with van der Waals surface area (Å²) in [7, 11) is -3.98. The summed E-state index contributed by atoms with van der Waals surface area (Å²) in [4.78, 5) is 26.6. The Hall–Kier alpha value is -0.143. The smallest absolute Gasteiger partial charge is 0.391 e. The average Bonchev–Trinajstić information content (AvgIpc) is 2.58. The second-order valence-corrected chi connectivity index (χ2v) is 9.61. The fourth-order valence-corrected chi connectivity index (χ4v) is 2.95. The summed E-state index contributed by atoms with van der Waals surface area (Å²) in [6.45, 7) is 9.04. The monoisotopic (exact) mass is 427 g/mol. The lowest BCUT2D eigenvalue weighted by molar-refractivity contribution is -0.0368. The largest absolute Gasteiger partial charge is 0.492 e. The zero-order valence-electron chi connectivity index (χ0n) is 17.6. The van der Waals surface area contributed by atoms with Gasteiger partial charge in [-0.1, -0.05) is 6.92 Å². The average molecular weight is 428 g/mol. The van der Waals surface area contributed by atoms with Crippen LogP contribution in [0.1, 0.15) is 40.0 Å². The number of ether oxygens (including phenoxy) is 4. The molecule has 0 aromatic rings. The molecule has 4 atom stereocenters. The molecule has 0 saturated carbocycles. The minimum atomic E-state index is -3.98. The minimum Gasteiger partial charge on any atom is -0.391 e. The molecular weight excluding hydrogens is 386 g/mol. The molecule has 0 aliphatic heterocycles. The lowest BCUT2D eigenvalue weighted by atomic mass is 10.0. The molecule has 0 aliphatic rings. The van der Waals surface area contributed by atoms with Crippen molar-refractivity contribution in [2.45, 2.75) is 64.3 Å².